The van der Waals surface area contributed by atoms with Gasteiger partial charge in [-0.1, -0.05) is 77.9 Å². The molecule has 7 nitrogen and oxygen atoms in total. The molecule has 3 N–H and O–H groups in total. The van der Waals surface area contributed by atoms with Crippen molar-refractivity contribution in [1.29, 1.82) is 0 Å². The van der Waals surface area contributed by atoms with Crippen LogP contribution in [0.2, 0.25) is 0 Å². The van der Waals surface area contributed by atoms with E-state index in [1.54, 1.807) is 20.8 Å². The van der Waals surface area contributed by atoms with Crippen LogP contribution in [0.25, 0.3) is 0 Å². The van der Waals surface area contributed by atoms with E-state index in [4.69, 9.17) is 0 Å². The van der Waals surface area contributed by atoms with E-state index in [1.165, 1.54) is 44.9 Å². The SMILES string of the molecule is C/C=C/CCCCCCCCCCCC[N+](C(CC)C(=O)O)(C(CC)C(=O)O)C(CC)C(=O)O. The minimum absolute atomic E-state index is 0.192. The number of quaternary nitrogens is 1. The smallest absolute Gasteiger partial charge is 0.362 e. The Hall–Kier alpha value is -1.89. The van der Waals surface area contributed by atoms with Gasteiger partial charge in [0.1, 0.15) is 0 Å². The second kappa shape index (κ2) is 18.4. The van der Waals surface area contributed by atoms with Crippen LogP contribution in [-0.2, 0) is 14.4 Å². The number of nitrogens with zero attached hydrogens (tertiary/aromatic N) is 1. The van der Waals surface area contributed by atoms with Gasteiger partial charge in [0.05, 0.1) is 6.54 Å². The normalized spacial score (nSPS) is 16.1. The first-order valence-electron chi connectivity index (χ1n) is 13.4. The van der Waals surface area contributed by atoms with E-state index in [-0.39, 0.29) is 25.8 Å². The third kappa shape index (κ3) is 10.2. The van der Waals surface area contributed by atoms with Gasteiger partial charge in [0.15, 0.2) is 18.1 Å². The highest BCUT2D eigenvalue weighted by Crippen LogP contribution is 2.32. The van der Waals surface area contributed by atoms with Crippen LogP contribution in [0.5, 0.6) is 0 Å². The summed E-state index contributed by atoms with van der Waals surface area (Å²) >= 11 is 0. The molecule has 0 aliphatic heterocycles. The van der Waals surface area contributed by atoms with Gasteiger partial charge in [-0.05, 0) is 32.6 Å². The summed E-state index contributed by atoms with van der Waals surface area (Å²) in [6.07, 6.45) is 17.1. The van der Waals surface area contributed by atoms with E-state index in [0.29, 0.717) is 6.42 Å². The largest absolute Gasteiger partial charge is 0.477 e. The van der Waals surface area contributed by atoms with E-state index in [9.17, 15) is 29.7 Å². The van der Waals surface area contributed by atoms with Crippen LogP contribution in [0, 0.1) is 0 Å². The Balaban J connectivity index is 5.04. The van der Waals surface area contributed by atoms with Gasteiger partial charge in [-0.25, -0.2) is 14.4 Å². The van der Waals surface area contributed by atoms with Crippen molar-refractivity contribution < 1.29 is 34.2 Å². The summed E-state index contributed by atoms with van der Waals surface area (Å²) in [5.74, 6) is -3.35. The van der Waals surface area contributed by atoms with E-state index < -0.39 is 40.5 Å². The molecule has 0 heterocycles. The highest BCUT2D eigenvalue weighted by atomic mass is 16.4. The molecule has 0 rings (SSSR count). The number of hydrogen-bond donors (Lipinski definition) is 3. The summed E-state index contributed by atoms with van der Waals surface area (Å²) in [6, 6.07) is -3.18. The Morgan fingerprint density at radius 1 is 0.618 bits per heavy atom. The molecule has 3 unspecified atom stereocenters. The van der Waals surface area contributed by atoms with Crippen molar-refractivity contribution in [2.24, 2.45) is 0 Å². The fourth-order valence-electron chi connectivity index (χ4n) is 5.51. The molecule has 0 aliphatic rings. The zero-order valence-electron chi connectivity index (χ0n) is 22.0. The molecular weight excluding hydrogens is 434 g/mol. The first-order chi connectivity index (χ1) is 16.2. The van der Waals surface area contributed by atoms with Gasteiger partial charge in [0.2, 0.25) is 0 Å². The van der Waals surface area contributed by atoms with Crippen molar-refractivity contribution in [2.75, 3.05) is 6.54 Å². The lowest BCUT2D eigenvalue weighted by Crippen LogP contribution is -2.72. The molecule has 0 spiro atoms. The molecule has 0 bridgehead atoms. The molecule has 198 valence electrons. The van der Waals surface area contributed by atoms with Crippen LogP contribution in [0.15, 0.2) is 12.2 Å². The Labute approximate surface area is 206 Å². The third-order valence-electron chi connectivity index (χ3n) is 7.16. The van der Waals surface area contributed by atoms with Gasteiger partial charge < -0.3 is 15.3 Å². The molecule has 0 radical (unpaired) electrons. The summed E-state index contributed by atoms with van der Waals surface area (Å²) in [4.78, 5) is 36.6. The van der Waals surface area contributed by atoms with Crippen LogP contribution >= 0.6 is 0 Å². The van der Waals surface area contributed by atoms with Crippen molar-refractivity contribution in [3.05, 3.63) is 12.2 Å². The van der Waals surface area contributed by atoms with Gasteiger partial charge in [-0.3, -0.25) is 4.48 Å². The van der Waals surface area contributed by atoms with Gasteiger partial charge in [0, 0.05) is 19.3 Å². The number of allylic oxidation sites excluding steroid dienone is 2. The summed E-state index contributed by atoms with van der Waals surface area (Å²) in [6.45, 7) is 7.42. The quantitative estimate of drug-likeness (QED) is 0.0950. The average Bonchev–Trinajstić information content (AvgIpc) is 2.77. The molecule has 0 saturated carbocycles. The summed E-state index contributed by atoms with van der Waals surface area (Å²) < 4.78 is -0.406. The zero-order chi connectivity index (χ0) is 26.0. The molecule has 0 aromatic carbocycles. The highest BCUT2D eigenvalue weighted by molar-refractivity contribution is 5.78. The maximum Gasteiger partial charge on any atom is 0.362 e. The predicted octanol–water partition coefficient (Wildman–Crippen LogP) is 6.26. The first kappa shape index (κ1) is 32.1. The Morgan fingerprint density at radius 2 is 0.941 bits per heavy atom. The fraction of sp³-hybridized carbons (Fsp3) is 0.815. The summed E-state index contributed by atoms with van der Waals surface area (Å²) in [5, 5.41) is 29.9. The van der Waals surface area contributed by atoms with Crippen molar-refractivity contribution in [2.45, 2.75) is 136 Å². The lowest BCUT2D eigenvalue weighted by Gasteiger charge is -2.49. The molecule has 0 aromatic heterocycles. The van der Waals surface area contributed by atoms with Crippen LogP contribution in [0.4, 0.5) is 0 Å². The fourth-order valence-corrected chi connectivity index (χ4v) is 5.51. The molecule has 0 fully saturated rings. The van der Waals surface area contributed by atoms with Gasteiger partial charge in [-0.2, -0.15) is 0 Å². The van der Waals surface area contributed by atoms with E-state index in [2.05, 4.69) is 19.1 Å². The number of carbonyl (C=O) groups is 3. The van der Waals surface area contributed by atoms with Crippen molar-refractivity contribution in [1.82, 2.24) is 0 Å². The molecule has 0 amide bonds. The van der Waals surface area contributed by atoms with Crippen molar-refractivity contribution in [3.63, 3.8) is 0 Å². The number of aliphatic carboxylic acids is 3. The Bertz CT molecular complexity index is 563. The summed E-state index contributed by atoms with van der Waals surface area (Å²) in [7, 11) is 0. The minimum atomic E-state index is -1.12. The second-order valence-electron chi connectivity index (χ2n) is 9.40. The van der Waals surface area contributed by atoms with Crippen LogP contribution in [0.1, 0.15) is 118 Å². The number of rotatable bonds is 22. The lowest BCUT2D eigenvalue weighted by atomic mass is 9.93. The lowest BCUT2D eigenvalue weighted by molar-refractivity contribution is -0.973. The maximum atomic E-state index is 12.2. The molecule has 34 heavy (non-hydrogen) atoms. The van der Waals surface area contributed by atoms with E-state index in [0.717, 1.165) is 19.3 Å². The predicted molar refractivity (Wildman–Crippen MR) is 136 cm³/mol. The average molecular weight is 485 g/mol. The van der Waals surface area contributed by atoms with E-state index in [1.807, 2.05) is 0 Å². The Kier molecular flexibility index (Phi) is 17.4. The molecular formula is C27H50NO6+. The zero-order valence-corrected chi connectivity index (χ0v) is 22.0. The molecule has 0 aliphatic carbocycles. The van der Waals surface area contributed by atoms with Gasteiger partial charge in [-0.15, -0.1) is 0 Å². The van der Waals surface area contributed by atoms with Gasteiger partial charge in [0.25, 0.3) is 0 Å². The molecule has 3 atom stereocenters. The van der Waals surface area contributed by atoms with Crippen LogP contribution in [0.3, 0.4) is 0 Å². The molecule has 7 heteroatoms. The maximum absolute atomic E-state index is 12.2. The minimum Gasteiger partial charge on any atom is -0.477 e. The molecule has 0 aromatic rings. The first-order valence-corrected chi connectivity index (χ1v) is 13.4. The molecule has 0 saturated heterocycles. The monoisotopic (exact) mass is 484 g/mol. The number of carboxylic acids is 3. The second-order valence-corrected chi connectivity index (χ2v) is 9.40. The van der Waals surface area contributed by atoms with Crippen molar-refractivity contribution >= 4 is 17.9 Å². The highest BCUT2D eigenvalue weighted by Gasteiger charge is 2.55. The van der Waals surface area contributed by atoms with Crippen molar-refractivity contribution in [3.8, 4) is 0 Å². The van der Waals surface area contributed by atoms with E-state index >= 15 is 0 Å². The standard InChI is InChI=1S/C27H49NO6/c1-5-9-10-11-12-13-14-15-16-17-18-19-20-21-28(22(6-2)25(29)30,23(7-3)26(31)32)24(8-4)27(33)34/h5,9,22-24H,6-8,10-21H2,1-4H3,(H2-,29,30,31,32,33,34)/p+1/b9-5+. The van der Waals surface area contributed by atoms with Crippen LogP contribution in [-0.4, -0.2) is 62.4 Å². The Morgan fingerprint density at radius 3 is 1.24 bits per heavy atom. The topological polar surface area (TPSA) is 112 Å². The number of unbranched alkanes of at least 4 members (excludes halogenated alkanes) is 10. The van der Waals surface area contributed by atoms with Gasteiger partial charge >= 0.3 is 17.9 Å². The summed E-state index contributed by atoms with van der Waals surface area (Å²) in [5.41, 5.74) is 0. The number of hydrogen-bond acceptors (Lipinski definition) is 3. The third-order valence-corrected chi connectivity index (χ3v) is 7.16. The number of carboxylic acid groups (broad SMARTS) is 3. The van der Waals surface area contributed by atoms with Crippen LogP contribution < -0.4 is 0 Å².